The monoisotopic (exact) mass is 599 g/mol. The van der Waals surface area contributed by atoms with Crippen molar-refractivity contribution in [2.24, 2.45) is 0 Å². The maximum Gasteiger partial charge on any atom is 0.264 e. The summed E-state index contributed by atoms with van der Waals surface area (Å²) in [7, 11) is -1.29. The van der Waals surface area contributed by atoms with Crippen molar-refractivity contribution in [3.8, 4) is 11.5 Å². The summed E-state index contributed by atoms with van der Waals surface area (Å²) in [6.45, 7) is 6.71. The SMILES string of the molecule is CCC(C(=O)NC(C)(C)C)N(Cc1ccc(OC)cc1)C(=O)CN(c1ccc(F)cc1)S(=O)(=O)c1ccc(OC)cc1. The molecule has 1 atom stereocenters. The molecule has 0 aromatic heterocycles. The van der Waals surface area contributed by atoms with Crippen LogP contribution in [0.3, 0.4) is 0 Å². The third-order valence-corrected chi connectivity index (χ3v) is 8.23. The number of rotatable bonds is 12. The highest BCUT2D eigenvalue weighted by molar-refractivity contribution is 7.92. The van der Waals surface area contributed by atoms with E-state index in [0.717, 1.165) is 22.0 Å². The molecule has 1 N–H and O–H groups in total. The van der Waals surface area contributed by atoms with Crippen LogP contribution in [-0.2, 0) is 26.2 Å². The van der Waals surface area contributed by atoms with Gasteiger partial charge in [-0.3, -0.25) is 13.9 Å². The lowest BCUT2D eigenvalue weighted by Crippen LogP contribution is -2.55. The Bertz CT molecular complexity index is 1450. The van der Waals surface area contributed by atoms with Crippen molar-refractivity contribution >= 4 is 27.5 Å². The molecule has 9 nitrogen and oxygen atoms in total. The van der Waals surface area contributed by atoms with Crippen LogP contribution >= 0.6 is 0 Å². The molecule has 3 rings (SSSR count). The highest BCUT2D eigenvalue weighted by Gasteiger charge is 2.34. The van der Waals surface area contributed by atoms with E-state index in [0.29, 0.717) is 11.5 Å². The van der Waals surface area contributed by atoms with Gasteiger partial charge in [0.15, 0.2) is 0 Å². The van der Waals surface area contributed by atoms with Crippen LogP contribution in [-0.4, -0.2) is 57.5 Å². The molecule has 3 aromatic carbocycles. The van der Waals surface area contributed by atoms with E-state index < -0.39 is 39.9 Å². The van der Waals surface area contributed by atoms with Crippen LogP contribution in [0.4, 0.5) is 10.1 Å². The van der Waals surface area contributed by atoms with Crippen molar-refractivity contribution in [3.05, 3.63) is 84.2 Å². The summed E-state index contributed by atoms with van der Waals surface area (Å²) in [4.78, 5) is 28.8. The average molecular weight is 600 g/mol. The Balaban J connectivity index is 2.06. The molecule has 226 valence electrons. The van der Waals surface area contributed by atoms with Gasteiger partial charge in [-0.15, -0.1) is 0 Å². The molecule has 0 spiro atoms. The topological polar surface area (TPSA) is 105 Å². The lowest BCUT2D eigenvalue weighted by atomic mass is 10.1. The van der Waals surface area contributed by atoms with Gasteiger partial charge in [-0.25, -0.2) is 12.8 Å². The number of carbonyl (C=O) groups is 2. The Labute approximate surface area is 247 Å². The van der Waals surface area contributed by atoms with Gasteiger partial charge in [0.05, 0.1) is 24.8 Å². The smallest absolute Gasteiger partial charge is 0.264 e. The zero-order valence-corrected chi connectivity index (χ0v) is 25.6. The summed E-state index contributed by atoms with van der Waals surface area (Å²) >= 11 is 0. The molecule has 42 heavy (non-hydrogen) atoms. The van der Waals surface area contributed by atoms with Gasteiger partial charge >= 0.3 is 0 Å². The molecule has 0 bridgehead atoms. The van der Waals surface area contributed by atoms with Crippen LogP contribution in [0, 0.1) is 5.82 Å². The number of carbonyl (C=O) groups excluding carboxylic acids is 2. The van der Waals surface area contributed by atoms with E-state index in [4.69, 9.17) is 9.47 Å². The number of amides is 2. The van der Waals surface area contributed by atoms with Crippen LogP contribution < -0.4 is 19.1 Å². The first-order valence-electron chi connectivity index (χ1n) is 13.5. The molecular formula is C31H38FN3O6S. The second-order valence-electron chi connectivity index (χ2n) is 10.7. The third-order valence-electron chi connectivity index (χ3n) is 6.44. The molecule has 0 fully saturated rings. The zero-order chi connectivity index (χ0) is 31.1. The second kappa shape index (κ2) is 13.7. The highest BCUT2D eigenvalue weighted by atomic mass is 32.2. The van der Waals surface area contributed by atoms with Crippen molar-refractivity contribution in [3.63, 3.8) is 0 Å². The van der Waals surface area contributed by atoms with Crippen LogP contribution in [0.2, 0.25) is 0 Å². The fourth-order valence-electron chi connectivity index (χ4n) is 4.31. The molecule has 0 radical (unpaired) electrons. The predicted octanol–water partition coefficient (Wildman–Crippen LogP) is 4.76. The van der Waals surface area contributed by atoms with Gasteiger partial charge in [0, 0.05) is 12.1 Å². The Kier molecular flexibility index (Phi) is 10.6. The van der Waals surface area contributed by atoms with Crippen molar-refractivity contribution in [1.82, 2.24) is 10.2 Å². The number of methoxy groups -OCH3 is 2. The van der Waals surface area contributed by atoms with E-state index in [1.54, 1.807) is 38.3 Å². The van der Waals surface area contributed by atoms with Gasteiger partial charge in [-0.05, 0) is 93.4 Å². The number of ether oxygens (including phenoxy) is 2. The minimum absolute atomic E-state index is 0.0404. The zero-order valence-electron chi connectivity index (χ0n) is 24.8. The summed E-state index contributed by atoms with van der Waals surface area (Å²) in [5, 5.41) is 2.93. The van der Waals surface area contributed by atoms with Gasteiger partial charge in [-0.2, -0.15) is 0 Å². The van der Waals surface area contributed by atoms with Gasteiger partial charge in [0.25, 0.3) is 10.0 Å². The quantitative estimate of drug-likeness (QED) is 0.322. The molecule has 0 aliphatic carbocycles. The first-order valence-corrected chi connectivity index (χ1v) is 14.9. The fourth-order valence-corrected chi connectivity index (χ4v) is 5.73. The van der Waals surface area contributed by atoms with E-state index in [-0.39, 0.29) is 29.5 Å². The standard InChI is InChI=1S/C31H38FN3O6S/c1-7-28(30(37)33-31(2,3)4)34(20-22-8-14-25(40-5)15-9-22)29(36)21-35(24-12-10-23(32)11-13-24)42(38,39)27-18-16-26(41-6)17-19-27/h8-19,28H,7,20-21H2,1-6H3,(H,33,37). The minimum Gasteiger partial charge on any atom is -0.497 e. The normalized spacial score (nSPS) is 12.3. The van der Waals surface area contributed by atoms with E-state index in [1.807, 2.05) is 20.8 Å². The van der Waals surface area contributed by atoms with Crippen LogP contribution in [0.25, 0.3) is 0 Å². The summed E-state index contributed by atoms with van der Waals surface area (Å²) in [6.07, 6.45) is 0.283. The van der Waals surface area contributed by atoms with E-state index in [2.05, 4.69) is 5.32 Å². The maximum atomic E-state index is 14.1. The Morgan fingerprint density at radius 3 is 1.88 bits per heavy atom. The number of sulfonamides is 1. The second-order valence-corrected chi connectivity index (χ2v) is 12.6. The third kappa shape index (κ3) is 8.22. The number of nitrogens with zero attached hydrogens (tertiary/aromatic N) is 2. The van der Waals surface area contributed by atoms with Gasteiger partial charge < -0.3 is 19.7 Å². The van der Waals surface area contributed by atoms with Crippen molar-refractivity contribution in [2.45, 2.75) is 57.1 Å². The van der Waals surface area contributed by atoms with Crippen LogP contribution in [0.15, 0.2) is 77.7 Å². The first kappa shape index (κ1) is 32.4. The summed E-state index contributed by atoms with van der Waals surface area (Å²) in [6, 6.07) is 16.7. The lowest BCUT2D eigenvalue weighted by Gasteiger charge is -2.34. The van der Waals surface area contributed by atoms with E-state index in [1.165, 1.54) is 48.4 Å². The lowest BCUT2D eigenvalue weighted by molar-refractivity contribution is -0.141. The van der Waals surface area contributed by atoms with Crippen molar-refractivity contribution in [2.75, 3.05) is 25.1 Å². The molecule has 3 aromatic rings. The summed E-state index contributed by atoms with van der Waals surface area (Å²) in [5.74, 6) is -0.443. The van der Waals surface area contributed by atoms with Gasteiger partial charge in [0.1, 0.15) is 29.9 Å². The number of nitrogens with one attached hydrogen (secondary N) is 1. The Hall–Kier alpha value is -4.12. The van der Waals surface area contributed by atoms with E-state index in [9.17, 15) is 22.4 Å². The Morgan fingerprint density at radius 1 is 0.881 bits per heavy atom. The number of hydrogen-bond acceptors (Lipinski definition) is 6. The number of hydrogen-bond donors (Lipinski definition) is 1. The van der Waals surface area contributed by atoms with Crippen molar-refractivity contribution in [1.29, 1.82) is 0 Å². The summed E-state index contributed by atoms with van der Waals surface area (Å²) in [5.41, 5.74) is 0.256. The molecule has 2 amide bonds. The highest BCUT2D eigenvalue weighted by Crippen LogP contribution is 2.26. The first-order chi connectivity index (χ1) is 19.8. The minimum atomic E-state index is -4.29. The molecule has 0 saturated heterocycles. The molecule has 0 aliphatic rings. The van der Waals surface area contributed by atoms with Crippen LogP contribution in [0.1, 0.15) is 39.7 Å². The van der Waals surface area contributed by atoms with E-state index >= 15 is 0 Å². The molecular weight excluding hydrogens is 561 g/mol. The Morgan fingerprint density at radius 2 is 1.40 bits per heavy atom. The number of anilines is 1. The maximum absolute atomic E-state index is 14.1. The number of halogens is 1. The van der Waals surface area contributed by atoms with Gasteiger partial charge in [0.2, 0.25) is 11.8 Å². The fraction of sp³-hybridized carbons (Fsp3) is 0.355. The largest absolute Gasteiger partial charge is 0.497 e. The van der Waals surface area contributed by atoms with Gasteiger partial charge in [-0.1, -0.05) is 19.1 Å². The summed E-state index contributed by atoms with van der Waals surface area (Å²) < 4.78 is 52.9. The van der Waals surface area contributed by atoms with Crippen molar-refractivity contribution < 1.29 is 31.9 Å². The molecule has 11 heteroatoms. The van der Waals surface area contributed by atoms with Crippen LogP contribution in [0.5, 0.6) is 11.5 Å². The molecule has 1 unspecified atom stereocenters. The molecule has 0 heterocycles. The average Bonchev–Trinajstić information content (AvgIpc) is 2.95. The molecule has 0 saturated carbocycles. The number of benzene rings is 3. The molecule has 0 aliphatic heterocycles. The predicted molar refractivity (Wildman–Crippen MR) is 159 cm³/mol.